The zero-order valence-corrected chi connectivity index (χ0v) is 11.9. The van der Waals surface area contributed by atoms with Crippen LogP contribution in [0.5, 0.6) is 0 Å². The topological polar surface area (TPSA) is 59.2 Å². The summed E-state index contributed by atoms with van der Waals surface area (Å²) in [6, 6.07) is 7.32. The van der Waals surface area contributed by atoms with Crippen LogP contribution in [0.4, 0.5) is 0 Å². The van der Waals surface area contributed by atoms with Gasteiger partial charge in [-0.2, -0.15) is 4.98 Å². The van der Waals surface area contributed by atoms with E-state index < -0.39 is 0 Å². The Labute approximate surface area is 122 Å². The van der Waals surface area contributed by atoms with Crippen LogP contribution in [0.15, 0.2) is 28.8 Å². The lowest BCUT2D eigenvalue weighted by molar-refractivity contribution is 0.119. The number of aliphatic hydroxyl groups is 1. The summed E-state index contributed by atoms with van der Waals surface area (Å²) in [4.78, 5) is 4.45. The minimum atomic E-state index is -0.379. The van der Waals surface area contributed by atoms with Gasteiger partial charge in [-0.25, -0.2) is 0 Å². The lowest BCUT2D eigenvalue weighted by Gasteiger charge is -2.15. The van der Waals surface area contributed by atoms with Crippen molar-refractivity contribution in [3.8, 4) is 11.4 Å². The van der Waals surface area contributed by atoms with Gasteiger partial charge >= 0.3 is 0 Å². The van der Waals surface area contributed by atoms with Gasteiger partial charge in [-0.3, -0.25) is 0 Å². The Hall–Kier alpha value is -1.39. The highest BCUT2D eigenvalue weighted by atomic mass is 35.5. The molecule has 1 heterocycles. The summed E-state index contributed by atoms with van der Waals surface area (Å²) in [7, 11) is 0. The fourth-order valence-electron chi connectivity index (χ4n) is 2.68. The first-order valence-electron chi connectivity index (χ1n) is 7.01. The molecule has 1 aliphatic rings. The molecule has 4 nitrogen and oxygen atoms in total. The molecule has 0 radical (unpaired) electrons. The number of aliphatic hydroxyl groups excluding tert-OH is 1. The van der Waals surface area contributed by atoms with E-state index in [9.17, 15) is 5.11 Å². The highest BCUT2D eigenvalue weighted by molar-refractivity contribution is 6.30. The summed E-state index contributed by atoms with van der Waals surface area (Å²) >= 11 is 5.87. The van der Waals surface area contributed by atoms with E-state index >= 15 is 0 Å². The second kappa shape index (κ2) is 5.94. The van der Waals surface area contributed by atoms with Crippen LogP contribution in [-0.4, -0.2) is 21.4 Å². The molecule has 3 rings (SSSR count). The summed E-state index contributed by atoms with van der Waals surface area (Å²) in [5, 5.41) is 14.9. The number of hydrogen-bond acceptors (Lipinski definition) is 4. The molecule has 106 valence electrons. The number of hydrogen-bond donors (Lipinski definition) is 1. The molecule has 2 atom stereocenters. The Morgan fingerprint density at radius 3 is 2.65 bits per heavy atom. The average molecular weight is 293 g/mol. The molecule has 1 N–H and O–H groups in total. The summed E-state index contributed by atoms with van der Waals surface area (Å²) in [6.45, 7) is 0. The van der Waals surface area contributed by atoms with Crippen LogP contribution in [0, 0.1) is 0 Å². The first-order chi connectivity index (χ1) is 9.74. The van der Waals surface area contributed by atoms with Crippen LogP contribution in [0.2, 0.25) is 5.02 Å². The van der Waals surface area contributed by atoms with Crippen LogP contribution in [-0.2, 0) is 0 Å². The standard InChI is InChI=1S/C15H17ClN2O2/c16-11-8-6-10(7-9-11)14-17-15(20-18-14)12-4-2-1-3-5-13(12)19/h6-9,12-13,19H,1-5H2. The molecule has 0 saturated heterocycles. The minimum Gasteiger partial charge on any atom is -0.392 e. The van der Waals surface area contributed by atoms with E-state index in [0.29, 0.717) is 16.7 Å². The van der Waals surface area contributed by atoms with Gasteiger partial charge in [-0.05, 0) is 37.1 Å². The van der Waals surface area contributed by atoms with Crippen molar-refractivity contribution in [3.05, 3.63) is 35.2 Å². The zero-order valence-electron chi connectivity index (χ0n) is 11.1. The molecular weight excluding hydrogens is 276 g/mol. The van der Waals surface area contributed by atoms with Crippen molar-refractivity contribution in [2.75, 3.05) is 0 Å². The highest BCUT2D eigenvalue weighted by Gasteiger charge is 2.28. The zero-order chi connectivity index (χ0) is 13.9. The Morgan fingerprint density at radius 2 is 1.85 bits per heavy atom. The number of rotatable bonds is 2. The highest BCUT2D eigenvalue weighted by Crippen LogP contribution is 2.32. The van der Waals surface area contributed by atoms with Crippen molar-refractivity contribution in [3.63, 3.8) is 0 Å². The third kappa shape index (κ3) is 2.86. The lowest BCUT2D eigenvalue weighted by Crippen LogP contribution is -2.17. The SMILES string of the molecule is OC1CCCCCC1c1nc(-c2ccc(Cl)cc2)no1. The molecule has 0 bridgehead atoms. The van der Waals surface area contributed by atoms with E-state index in [4.69, 9.17) is 16.1 Å². The molecule has 20 heavy (non-hydrogen) atoms. The van der Waals surface area contributed by atoms with Gasteiger partial charge in [0.1, 0.15) is 0 Å². The third-order valence-electron chi connectivity index (χ3n) is 3.84. The maximum absolute atomic E-state index is 10.2. The van der Waals surface area contributed by atoms with E-state index in [1.54, 1.807) is 12.1 Å². The predicted octanol–water partition coefficient (Wildman–Crippen LogP) is 3.80. The molecule has 2 unspecified atom stereocenters. The molecule has 1 saturated carbocycles. The van der Waals surface area contributed by atoms with Gasteiger partial charge in [-0.1, -0.05) is 36.0 Å². The molecule has 0 amide bonds. The van der Waals surface area contributed by atoms with Crippen LogP contribution >= 0.6 is 11.6 Å². The first kappa shape index (κ1) is 13.6. The first-order valence-corrected chi connectivity index (χ1v) is 7.39. The molecular formula is C15H17ClN2O2. The van der Waals surface area contributed by atoms with Crippen molar-refractivity contribution in [2.24, 2.45) is 0 Å². The molecule has 0 aliphatic heterocycles. The van der Waals surface area contributed by atoms with Gasteiger partial charge in [0.2, 0.25) is 11.7 Å². The maximum atomic E-state index is 10.2. The summed E-state index contributed by atoms with van der Waals surface area (Å²) in [6.07, 6.45) is 4.66. The second-order valence-electron chi connectivity index (χ2n) is 5.27. The average Bonchev–Trinajstić information content (AvgIpc) is 2.83. The minimum absolute atomic E-state index is 0.0361. The summed E-state index contributed by atoms with van der Waals surface area (Å²) in [5.74, 6) is 1.06. The van der Waals surface area contributed by atoms with E-state index in [0.717, 1.165) is 37.7 Å². The van der Waals surface area contributed by atoms with E-state index in [1.807, 2.05) is 12.1 Å². The Balaban J connectivity index is 1.83. The fourth-order valence-corrected chi connectivity index (χ4v) is 2.80. The quantitative estimate of drug-likeness (QED) is 0.855. The molecule has 0 spiro atoms. The second-order valence-corrected chi connectivity index (χ2v) is 5.71. The Bertz CT molecular complexity index is 568. The lowest BCUT2D eigenvalue weighted by atomic mass is 9.97. The van der Waals surface area contributed by atoms with Crippen LogP contribution in [0.25, 0.3) is 11.4 Å². The van der Waals surface area contributed by atoms with Gasteiger partial charge in [0.15, 0.2) is 0 Å². The summed E-state index contributed by atoms with van der Waals surface area (Å²) in [5.41, 5.74) is 0.868. The van der Waals surface area contributed by atoms with E-state index in [-0.39, 0.29) is 12.0 Å². The number of aromatic nitrogens is 2. The van der Waals surface area contributed by atoms with Gasteiger partial charge in [0.25, 0.3) is 0 Å². The molecule has 1 fully saturated rings. The van der Waals surface area contributed by atoms with Crippen LogP contribution in [0.1, 0.15) is 43.9 Å². The van der Waals surface area contributed by atoms with Crippen molar-refractivity contribution < 1.29 is 9.63 Å². The van der Waals surface area contributed by atoms with E-state index in [1.165, 1.54) is 0 Å². The molecule has 1 aliphatic carbocycles. The predicted molar refractivity (Wildman–Crippen MR) is 76.6 cm³/mol. The van der Waals surface area contributed by atoms with Gasteiger partial charge in [-0.15, -0.1) is 0 Å². The Morgan fingerprint density at radius 1 is 1.10 bits per heavy atom. The number of halogens is 1. The maximum Gasteiger partial charge on any atom is 0.232 e. The molecule has 2 aromatic rings. The Kier molecular flexibility index (Phi) is 4.03. The monoisotopic (exact) mass is 292 g/mol. The normalized spacial score (nSPS) is 23.5. The van der Waals surface area contributed by atoms with Crippen molar-refractivity contribution >= 4 is 11.6 Å². The van der Waals surface area contributed by atoms with Crippen molar-refractivity contribution in [1.82, 2.24) is 10.1 Å². The number of nitrogens with zero attached hydrogens (tertiary/aromatic N) is 2. The smallest absolute Gasteiger partial charge is 0.232 e. The molecule has 1 aromatic heterocycles. The third-order valence-corrected chi connectivity index (χ3v) is 4.09. The summed E-state index contributed by atoms with van der Waals surface area (Å²) < 4.78 is 5.36. The van der Waals surface area contributed by atoms with Crippen molar-refractivity contribution in [1.29, 1.82) is 0 Å². The molecule has 1 aromatic carbocycles. The van der Waals surface area contributed by atoms with Crippen molar-refractivity contribution in [2.45, 2.75) is 44.1 Å². The van der Waals surface area contributed by atoms with Gasteiger partial charge < -0.3 is 9.63 Å². The van der Waals surface area contributed by atoms with Gasteiger partial charge in [0, 0.05) is 10.6 Å². The fraction of sp³-hybridized carbons (Fsp3) is 0.467. The van der Waals surface area contributed by atoms with Gasteiger partial charge in [0.05, 0.1) is 12.0 Å². The molecule has 5 heteroatoms. The largest absolute Gasteiger partial charge is 0.392 e. The van der Waals surface area contributed by atoms with E-state index in [2.05, 4.69) is 10.1 Å². The number of benzene rings is 1. The van der Waals surface area contributed by atoms with Crippen LogP contribution < -0.4 is 0 Å². The van der Waals surface area contributed by atoms with Crippen LogP contribution in [0.3, 0.4) is 0 Å².